The van der Waals surface area contributed by atoms with Gasteiger partial charge in [0.05, 0.1) is 11.1 Å². The van der Waals surface area contributed by atoms with Crippen molar-refractivity contribution >= 4 is 35.3 Å². The smallest absolute Gasteiger partial charge is 0.329 e. The highest BCUT2D eigenvalue weighted by atomic mass is 35.5. The van der Waals surface area contributed by atoms with Crippen molar-refractivity contribution in [3.8, 4) is 0 Å². The minimum absolute atomic E-state index is 0.00463. The van der Waals surface area contributed by atoms with Crippen molar-refractivity contribution in [3.63, 3.8) is 0 Å². The van der Waals surface area contributed by atoms with E-state index in [1.807, 2.05) is 5.43 Å². The van der Waals surface area contributed by atoms with Crippen molar-refractivity contribution < 1.29 is 14.5 Å². The molecule has 110 valence electrons. The Morgan fingerprint density at radius 3 is 2.71 bits per heavy atom. The van der Waals surface area contributed by atoms with Gasteiger partial charge in [-0.2, -0.15) is 5.10 Å². The number of carbonyl (C=O) groups is 2. The number of nitrogens with zero attached hydrogens (tertiary/aromatic N) is 2. The lowest BCUT2D eigenvalue weighted by molar-refractivity contribution is -0.384. The number of nitro benzene ring substituents is 1. The van der Waals surface area contributed by atoms with Crippen LogP contribution in [0.15, 0.2) is 23.3 Å². The SMILES string of the molecule is O=C(N/N=C\c1ccc(Cl)c([N+](=O)[O-])c1)C(=O)NC1CC1. The molecule has 2 N–H and O–H groups in total. The molecule has 21 heavy (non-hydrogen) atoms. The summed E-state index contributed by atoms with van der Waals surface area (Å²) in [7, 11) is 0. The van der Waals surface area contributed by atoms with E-state index in [0.29, 0.717) is 5.56 Å². The van der Waals surface area contributed by atoms with Crippen LogP contribution in [0.4, 0.5) is 5.69 Å². The van der Waals surface area contributed by atoms with Gasteiger partial charge in [0.2, 0.25) is 0 Å². The van der Waals surface area contributed by atoms with Crippen LogP contribution in [0, 0.1) is 10.1 Å². The molecule has 1 aromatic carbocycles. The molecule has 8 nitrogen and oxygen atoms in total. The average molecular weight is 311 g/mol. The van der Waals surface area contributed by atoms with E-state index < -0.39 is 16.7 Å². The standard InChI is InChI=1S/C12H11ClN4O4/c13-9-4-1-7(5-10(9)17(20)21)6-14-16-12(19)11(18)15-8-2-3-8/h1,4-6,8H,2-3H2,(H,15,18)(H,16,19)/b14-6-. The highest BCUT2D eigenvalue weighted by molar-refractivity contribution is 6.35. The number of benzene rings is 1. The summed E-state index contributed by atoms with van der Waals surface area (Å²) in [6.07, 6.45) is 2.93. The van der Waals surface area contributed by atoms with Crippen molar-refractivity contribution in [3.05, 3.63) is 38.9 Å². The number of nitro groups is 1. The summed E-state index contributed by atoms with van der Waals surface area (Å²) in [5, 5.41) is 16.8. The molecule has 0 radical (unpaired) electrons. The maximum Gasteiger partial charge on any atom is 0.329 e. The summed E-state index contributed by atoms with van der Waals surface area (Å²) in [6, 6.07) is 4.13. The fourth-order valence-corrected chi connectivity index (χ4v) is 1.63. The van der Waals surface area contributed by atoms with Gasteiger partial charge < -0.3 is 5.32 Å². The molecule has 0 unspecified atom stereocenters. The monoisotopic (exact) mass is 310 g/mol. The summed E-state index contributed by atoms with van der Waals surface area (Å²) in [5.74, 6) is -1.64. The van der Waals surface area contributed by atoms with Gasteiger partial charge in [-0.15, -0.1) is 0 Å². The number of carbonyl (C=O) groups excluding carboxylic acids is 2. The van der Waals surface area contributed by atoms with Gasteiger partial charge in [-0.25, -0.2) is 5.43 Å². The third-order valence-corrected chi connectivity index (χ3v) is 2.99. The van der Waals surface area contributed by atoms with Crippen LogP contribution in [-0.4, -0.2) is 29.0 Å². The van der Waals surface area contributed by atoms with Crippen LogP contribution in [0.3, 0.4) is 0 Å². The molecule has 1 aromatic rings. The number of hydrogen-bond donors (Lipinski definition) is 2. The Morgan fingerprint density at radius 2 is 2.10 bits per heavy atom. The van der Waals surface area contributed by atoms with Crippen molar-refractivity contribution in [2.45, 2.75) is 18.9 Å². The highest BCUT2D eigenvalue weighted by Gasteiger charge is 2.26. The number of hydrogen-bond acceptors (Lipinski definition) is 5. The first-order valence-corrected chi connectivity index (χ1v) is 6.43. The summed E-state index contributed by atoms with van der Waals surface area (Å²) in [6.45, 7) is 0. The van der Waals surface area contributed by atoms with Gasteiger partial charge in [0.25, 0.3) is 5.69 Å². The summed E-state index contributed by atoms with van der Waals surface area (Å²) >= 11 is 5.66. The second kappa shape index (κ2) is 6.31. The molecule has 1 saturated carbocycles. The molecule has 1 fully saturated rings. The van der Waals surface area contributed by atoms with E-state index in [0.717, 1.165) is 12.8 Å². The molecule has 0 spiro atoms. The lowest BCUT2D eigenvalue weighted by Crippen LogP contribution is -2.38. The zero-order chi connectivity index (χ0) is 15.4. The zero-order valence-electron chi connectivity index (χ0n) is 10.7. The van der Waals surface area contributed by atoms with Crippen LogP contribution in [0.2, 0.25) is 5.02 Å². The largest absolute Gasteiger partial charge is 0.345 e. The quantitative estimate of drug-likeness (QED) is 0.373. The fraction of sp³-hybridized carbons (Fsp3) is 0.250. The summed E-state index contributed by atoms with van der Waals surface area (Å²) in [5.41, 5.74) is 2.15. The van der Waals surface area contributed by atoms with Gasteiger partial charge in [-0.3, -0.25) is 19.7 Å². The molecule has 0 heterocycles. The van der Waals surface area contributed by atoms with Crippen LogP contribution in [0.25, 0.3) is 0 Å². The topological polar surface area (TPSA) is 114 Å². The minimum Gasteiger partial charge on any atom is -0.345 e. The van der Waals surface area contributed by atoms with E-state index in [9.17, 15) is 19.7 Å². The van der Waals surface area contributed by atoms with Gasteiger partial charge in [-0.1, -0.05) is 17.7 Å². The van der Waals surface area contributed by atoms with Gasteiger partial charge in [-0.05, 0) is 18.9 Å². The van der Waals surface area contributed by atoms with Crippen LogP contribution >= 0.6 is 11.6 Å². The molecule has 1 aliphatic carbocycles. The zero-order valence-corrected chi connectivity index (χ0v) is 11.5. The van der Waals surface area contributed by atoms with Crippen LogP contribution in [-0.2, 0) is 9.59 Å². The van der Waals surface area contributed by atoms with Crippen molar-refractivity contribution in [1.82, 2.24) is 10.7 Å². The molecule has 0 atom stereocenters. The van der Waals surface area contributed by atoms with Gasteiger partial charge in [0.15, 0.2) is 0 Å². The number of amides is 2. The van der Waals surface area contributed by atoms with E-state index in [1.165, 1.54) is 24.4 Å². The first-order valence-electron chi connectivity index (χ1n) is 6.05. The van der Waals surface area contributed by atoms with Crippen molar-refractivity contribution in [2.75, 3.05) is 0 Å². The number of halogens is 1. The molecule has 0 bridgehead atoms. The molecule has 2 amide bonds. The Labute approximate surface area is 124 Å². The van der Waals surface area contributed by atoms with Crippen molar-refractivity contribution in [2.24, 2.45) is 5.10 Å². The maximum atomic E-state index is 11.4. The Kier molecular flexibility index (Phi) is 4.49. The summed E-state index contributed by atoms with van der Waals surface area (Å²) < 4.78 is 0. The predicted octanol–water partition coefficient (Wildman–Crippen LogP) is 0.977. The van der Waals surface area contributed by atoms with E-state index >= 15 is 0 Å². The molecule has 1 aliphatic rings. The fourth-order valence-electron chi connectivity index (χ4n) is 1.44. The molecular formula is C12H11ClN4O4. The summed E-state index contributed by atoms with van der Waals surface area (Å²) in [4.78, 5) is 32.8. The second-order valence-corrected chi connectivity index (χ2v) is 4.82. The van der Waals surface area contributed by atoms with Crippen molar-refractivity contribution in [1.29, 1.82) is 0 Å². The Hall–Kier alpha value is -2.48. The van der Waals surface area contributed by atoms with E-state index in [4.69, 9.17) is 11.6 Å². The number of nitrogens with one attached hydrogen (secondary N) is 2. The molecule has 0 aromatic heterocycles. The molecule has 0 aliphatic heterocycles. The lowest BCUT2D eigenvalue weighted by atomic mass is 10.2. The maximum absolute atomic E-state index is 11.4. The third kappa shape index (κ3) is 4.25. The van der Waals surface area contributed by atoms with Gasteiger partial charge in [0, 0.05) is 17.7 Å². The number of rotatable bonds is 4. The average Bonchev–Trinajstić information content (AvgIpc) is 3.24. The predicted molar refractivity (Wildman–Crippen MR) is 75.0 cm³/mol. The van der Waals surface area contributed by atoms with E-state index in [-0.39, 0.29) is 16.8 Å². The molecule has 2 rings (SSSR count). The molecule has 9 heteroatoms. The third-order valence-electron chi connectivity index (χ3n) is 2.67. The normalized spacial score (nSPS) is 14.0. The Morgan fingerprint density at radius 1 is 1.38 bits per heavy atom. The van der Waals surface area contributed by atoms with Crippen LogP contribution < -0.4 is 10.7 Å². The second-order valence-electron chi connectivity index (χ2n) is 4.41. The van der Waals surface area contributed by atoms with Crippen LogP contribution in [0.5, 0.6) is 0 Å². The first kappa shape index (κ1) is 14.9. The van der Waals surface area contributed by atoms with E-state index in [2.05, 4.69) is 10.4 Å². The highest BCUT2D eigenvalue weighted by Crippen LogP contribution is 2.24. The van der Waals surface area contributed by atoms with Crippen LogP contribution in [0.1, 0.15) is 18.4 Å². The molecule has 0 saturated heterocycles. The minimum atomic E-state index is -0.887. The Bertz CT molecular complexity index is 628. The number of hydrazone groups is 1. The van der Waals surface area contributed by atoms with Gasteiger partial charge >= 0.3 is 11.8 Å². The first-order chi connectivity index (χ1) is 9.97. The van der Waals surface area contributed by atoms with E-state index in [1.54, 1.807) is 0 Å². The van der Waals surface area contributed by atoms with Gasteiger partial charge in [0.1, 0.15) is 5.02 Å². The molecular weight excluding hydrogens is 300 g/mol. The Balaban J connectivity index is 1.94. The lowest BCUT2D eigenvalue weighted by Gasteiger charge is -2.01.